The van der Waals surface area contributed by atoms with Gasteiger partial charge in [-0.1, -0.05) is 32.4 Å². The molecule has 0 aromatic carbocycles. The molecule has 16 heavy (non-hydrogen) atoms. The number of hydrogen-bond acceptors (Lipinski definition) is 1. The highest BCUT2D eigenvalue weighted by Crippen LogP contribution is 2.32. The zero-order valence-electron chi connectivity index (χ0n) is 10.3. The first-order valence-corrected chi connectivity index (χ1v) is 5.97. The summed E-state index contributed by atoms with van der Waals surface area (Å²) in [5.74, 6) is -0.162. The molecule has 3 nitrogen and oxygen atoms in total. The normalized spacial score (nSPS) is 11.1. The molecule has 0 radical (unpaired) electrons. The van der Waals surface area contributed by atoms with Crippen LogP contribution >= 0.6 is 11.6 Å². The number of aromatic nitrogens is 1. The first kappa shape index (κ1) is 13.1. The number of primary amides is 1. The molecule has 0 bridgehead atoms. The Bertz CT molecular complexity index is 408. The highest BCUT2D eigenvalue weighted by atomic mass is 35.5. The number of hydrogen-bond donors (Lipinski definition) is 1. The number of rotatable bonds is 4. The molecule has 0 fully saturated rings. The van der Waals surface area contributed by atoms with Crippen LogP contribution in [-0.4, -0.2) is 10.5 Å². The Morgan fingerprint density at radius 3 is 2.44 bits per heavy atom. The Balaban J connectivity index is 3.46. The second-order valence-corrected chi connectivity index (χ2v) is 4.71. The van der Waals surface area contributed by atoms with E-state index in [1.807, 2.05) is 6.92 Å². The largest absolute Gasteiger partial charge is 0.365 e. The van der Waals surface area contributed by atoms with Crippen molar-refractivity contribution in [2.75, 3.05) is 0 Å². The summed E-state index contributed by atoms with van der Waals surface area (Å²) in [5, 5.41) is 0.522. The van der Waals surface area contributed by atoms with Gasteiger partial charge in [0, 0.05) is 17.9 Å². The number of halogens is 1. The Morgan fingerprint density at radius 2 is 2.06 bits per heavy atom. The zero-order valence-corrected chi connectivity index (χ0v) is 11.1. The van der Waals surface area contributed by atoms with Crippen LogP contribution in [0.25, 0.3) is 0 Å². The average molecular weight is 243 g/mol. The van der Waals surface area contributed by atoms with Crippen molar-refractivity contribution >= 4 is 17.5 Å². The van der Waals surface area contributed by atoms with E-state index in [1.165, 1.54) is 0 Å². The van der Waals surface area contributed by atoms with E-state index < -0.39 is 5.91 Å². The molecule has 0 aliphatic carbocycles. The molecule has 1 aromatic heterocycles. The fourth-order valence-corrected chi connectivity index (χ4v) is 2.63. The van der Waals surface area contributed by atoms with E-state index >= 15 is 0 Å². The van der Waals surface area contributed by atoms with Crippen molar-refractivity contribution in [2.45, 2.75) is 46.6 Å². The summed E-state index contributed by atoms with van der Waals surface area (Å²) in [6, 6.07) is 0. The molecule has 1 amide bonds. The van der Waals surface area contributed by atoms with Gasteiger partial charge >= 0.3 is 0 Å². The van der Waals surface area contributed by atoms with E-state index in [4.69, 9.17) is 17.3 Å². The first-order valence-electron chi connectivity index (χ1n) is 5.60. The Hall–Kier alpha value is -0.960. The van der Waals surface area contributed by atoms with Crippen molar-refractivity contribution in [1.82, 2.24) is 4.57 Å². The summed E-state index contributed by atoms with van der Waals surface area (Å²) >= 11 is 6.24. The van der Waals surface area contributed by atoms with Crippen LogP contribution in [0.1, 0.15) is 54.9 Å². The van der Waals surface area contributed by atoms with Crippen LogP contribution in [0.3, 0.4) is 0 Å². The predicted octanol–water partition coefficient (Wildman–Crippen LogP) is 3.08. The SMILES string of the molecule is CCCn1c(C)c(C(N)=O)c(Cl)c1C(C)C. The van der Waals surface area contributed by atoms with Crippen LogP contribution in [0.15, 0.2) is 0 Å². The van der Waals surface area contributed by atoms with Crippen LogP contribution in [0, 0.1) is 6.92 Å². The van der Waals surface area contributed by atoms with E-state index in [2.05, 4.69) is 25.3 Å². The molecule has 0 unspecified atom stereocenters. The quantitative estimate of drug-likeness (QED) is 0.867. The van der Waals surface area contributed by atoms with Crippen molar-refractivity contribution in [3.8, 4) is 0 Å². The summed E-state index contributed by atoms with van der Waals surface area (Å²) in [6.07, 6.45) is 1.00. The smallest absolute Gasteiger partial charge is 0.252 e. The molecular weight excluding hydrogens is 224 g/mol. The van der Waals surface area contributed by atoms with Gasteiger partial charge in [0.05, 0.1) is 10.6 Å². The zero-order chi connectivity index (χ0) is 12.5. The van der Waals surface area contributed by atoms with Gasteiger partial charge in [0.25, 0.3) is 5.91 Å². The van der Waals surface area contributed by atoms with Gasteiger partial charge in [-0.25, -0.2) is 0 Å². The van der Waals surface area contributed by atoms with E-state index in [-0.39, 0.29) is 5.92 Å². The maximum atomic E-state index is 11.4. The molecule has 0 spiro atoms. The fraction of sp³-hybridized carbons (Fsp3) is 0.583. The van der Waals surface area contributed by atoms with Crippen molar-refractivity contribution in [1.29, 1.82) is 0 Å². The van der Waals surface area contributed by atoms with Gasteiger partial charge in [-0.05, 0) is 19.3 Å². The summed E-state index contributed by atoms with van der Waals surface area (Å²) in [6.45, 7) is 9.00. The summed E-state index contributed by atoms with van der Waals surface area (Å²) < 4.78 is 2.10. The molecule has 90 valence electrons. The lowest BCUT2D eigenvalue weighted by Gasteiger charge is -2.13. The molecule has 0 atom stereocenters. The van der Waals surface area contributed by atoms with Gasteiger partial charge in [-0.2, -0.15) is 0 Å². The van der Waals surface area contributed by atoms with Gasteiger partial charge in [-0.15, -0.1) is 0 Å². The van der Waals surface area contributed by atoms with Crippen LogP contribution < -0.4 is 5.73 Å². The second kappa shape index (κ2) is 4.91. The number of carbonyl (C=O) groups excluding carboxylic acids is 1. The third kappa shape index (κ3) is 2.09. The molecule has 0 aliphatic rings. The van der Waals surface area contributed by atoms with Crippen molar-refractivity contribution < 1.29 is 4.79 Å². The van der Waals surface area contributed by atoms with E-state index in [9.17, 15) is 4.79 Å². The van der Waals surface area contributed by atoms with Crippen LogP contribution in [0.4, 0.5) is 0 Å². The van der Waals surface area contributed by atoms with Crippen molar-refractivity contribution in [3.05, 3.63) is 22.0 Å². The maximum absolute atomic E-state index is 11.4. The Kier molecular flexibility index (Phi) is 4.03. The minimum Gasteiger partial charge on any atom is -0.365 e. The first-order chi connectivity index (χ1) is 7.41. The lowest BCUT2D eigenvalue weighted by atomic mass is 10.1. The van der Waals surface area contributed by atoms with Gasteiger partial charge in [0.1, 0.15) is 0 Å². The molecular formula is C12H19ClN2O. The van der Waals surface area contributed by atoms with E-state index in [0.29, 0.717) is 10.6 Å². The topological polar surface area (TPSA) is 48.0 Å². The average Bonchev–Trinajstić information content (AvgIpc) is 2.39. The highest BCUT2D eigenvalue weighted by molar-refractivity contribution is 6.34. The Labute approximate surface area is 102 Å². The van der Waals surface area contributed by atoms with Crippen LogP contribution in [0.2, 0.25) is 5.02 Å². The van der Waals surface area contributed by atoms with Gasteiger partial charge in [0.15, 0.2) is 0 Å². The van der Waals surface area contributed by atoms with Crippen LogP contribution in [-0.2, 0) is 6.54 Å². The second-order valence-electron chi connectivity index (χ2n) is 4.33. The van der Waals surface area contributed by atoms with Gasteiger partial charge < -0.3 is 10.3 Å². The number of nitrogens with two attached hydrogens (primary N) is 1. The molecule has 0 saturated heterocycles. The number of carbonyl (C=O) groups is 1. The predicted molar refractivity (Wildman–Crippen MR) is 67.1 cm³/mol. The molecule has 1 aromatic rings. The molecule has 4 heteroatoms. The summed E-state index contributed by atoms with van der Waals surface area (Å²) in [5.41, 5.74) is 7.72. The Morgan fingerprint density at radius 1 is 1.50 bits per heavy atom. The molecule has 0 saturated carbocycles. The van der Waals surface area contributed by atoms with E-state index in [0.717, 1.165) is 24.4 Å². The minimum absolute atomic E-state index is 0.283. The van der Waals surface area contributed by atoms with E-state index in [1.54, 1.807) is 0 Å². The standard InChI is InChI=1S/C12H19ClN2O/c1-5-6-15-8(4)9(12(14)16)10(13)11(15)7(2)3/h7H,5-6H2,1-4H3,(H2,14,16). The van der Waals surface area contributed by atoms with Gasteiger partial charge in [0.2, 0.25) is 0 Å². The molecule has 1 rings (SSSR count). The van der Waals surface area contributed by atoms with Crippen LogP contribution in [0.5, 0.6) is 0 Å². The summed E-state index contributed by atoms with van der Waals surface area (Å²) in [7, 11) is 0. The molecule has 1 heterocycles. The van der Waals surface area contributed by atoms with Crippen molar-refractivity contribution in [2.24, 2.45) is 5.73 Å². The summed E-state index contributed by atoms with van der Waals surface area (Å²) in [4.78, 5) is 11.4. The third-order valence-corrected chi connectivity index (χ3v) is 3.12. The monoisotopic (exact) mass is 242 g/mol. The third-order valence-electron chi connectivity index (χ3n) is 2.74. The minimum atomic E-state index is -0.445. The lowest BCUT2D eigenvalue weighted by molar-refractivity contribution is 0.0999. The highest BCUT2D eigenvalue weighted by Gasteiger charge is 2.23. The molecule has 0 aliphatic heterocycles. The maximum Gasteiger partial charge on any atom is 0.252 e. The molecule has 2 N–H and O–H groups in total. The van der Waals surface area contributed by atoms with Crippen molar-refractivity contribution in [3.63, 3.8) is 0 Å². The lowest BCUT2D eigenvalue weighted by Crippen LogP contribution is -2.13. The fourth-order valence-electron chi connectivity index (χ4n) is 2.08. The number of nitrogens with zero attached hydrogens (tertiary/aromatic N) is 1. The number of amides is 1. The van der Waals surface area contributed by atoms with Gasteiger partial charge in [-0.3, -0.25) is 4.79 Å².